The molecule has 0 aliphatic carbocycles. The van der Waals surface area contributed by atoms with Crippen LogP contribution in [0.25, 0.3) is 0 Å². The summed E-state index contributed by atoms with van der Waals surface area (Å²) >= 11 is 1.55. The van der Waals surface area contributed by atoms with Crippen LogP contribution in [0.2, 0.25) is 0 Å². The highest BCUT2D eigenvalue weighted by atomic mass is 32.2. The molecule has 6 nitrogen and oxygen atoms in total. The van der Waals surface area contributed by atoms with Gasteiger partial charge in [0, 0.05) is 25.5 Å². The third-order valence-electron chi connectivity index (χ3n) is 3.75. The van der Waals surface area contributed by atoms with Crippen LogP contribution < -0.4 is 5.32 Å². The molecule has 120 valence electrons. The van der Waals surface area contributed by atoms with Gasteiger partial charge in [0.25, 0.3) is 10.2 Å². The van der Waals surface area contributed by atoms with Crippen LogP contribution in [-0.4, -0.2) is 55.7 Å². The fourth-order valence-electron chi connectivity index (χ4n) is 2.68. The van der Waals surface area contributed by atoms with Gasteiger partial charge in [0.15, 0.2) is 0 Å². The van der Waals surface area contributed by atoms with Crippen LogP contribution in [0.1, 0.15) is 23.5 Å². The van der Waals surface area contributed by atoms with E-state index in [1.807, 2.05) is 19.4 Å². The van der Waals surface area contributed by atoms with E-state index >= 15 is 0 Å². The number of thiazole rings is 1. The van der Waals surface area contributed by atoms with Crippen LogP contribution in [0.5, 0.6) is 0 Å². The van der Waals surface area contributed by atoms with Crippen LogP contribution in [0.15, 0.2) is 5.38 Å². The lowest BCUT2D eigenvalue weighted by atomic mass is 10.00. The van der Waals surface area contributed by atoms with Gasteiger partial charge >= 0.3 is 0 Å². The molecular weight excluding hydrogens is 308 g/mol. The van der Waals surface area contributed by atoms with Crippen molar-refractivity contribution in [3.8, 4) is 0 Å². The van der Waals surface area contributed by atoms with Crippen LogP contribution in [-0.2, 0) is 16.8 Å². The minimum atomic E-state index is -3.40. The molecule has 1 aromatic heterocycles. The van der Waals surface area contributed by atoms with Crippen molar-refractivity contribution in [1.82, 2.24) is 18.9 Å². The summed E-state index contributed by atoms with van der Waals surface area (Å²) in [6, 6.07) is 0. The lowest BCUT2D eigenvalue weighted by Gasteiger charge is -2.34. The number of nitrogens with one attached hydrogen (secondary N) is 1. The van der Waals surface area contributed by atoms with E-state index in [4.69, 9.17) is 0 Å². The number of piperidine rings is 1. The second kappa shape index (κ2) is 7.15. The Morgan fingerprint density at radius 3 is 2.95 bits per heavy atom. The molecule has 1 N–H and O–H groups in total. The minimum absolute atomic E-state index is 0.333. The van der Waals surface area contributed by atoms with E-state index in [0.29, 0.717) is 25.6 Å². The van der Waals surface area contributed by atoms with E-state index in [1.165, 1.54) is 4.31 Å². The van der Waals surface area contributed by atoms with Crippen LogP contribution in [0.4, 0.5) is 0 Å². The van der Waals surface area contributed by atoms with Crippen LogP contribution in [0.3, 0.4) is 0 Å². The van der Waals surface area contributed by atoms with E-state index in [-0.39, 0.29) is 0 Å². The summed E-state index contributed by atoms with van der Waals surface area (Å²) < 4.78 is 28.3. The Kier molecular flexibility index (Phi) is 5.73. The van der Waals surface area contributed by atoms with E-state index in [2.05, 4.69) is 10.3 Å². The van der Waals surface area contributed by atoms with Crippen LogP contribution >= 0.6 is 11.3 Å². The first-order valence-corrected chi connectivity index (χ1v) is 9.48. The fourth-order valence-corrected chi connectivity index (χ4v) is 4.73. The summed E-state index contributed by atoms with van der Waals surface area (Å²) in [7, 11) is 0.139. The summed E-state index contributed by atoms with van der Waals surface area (Å²) in [5.74, 6) is 0.397. The predicted octanol–water partition coefficient (Wildman–Crippen LogP) is 1.06. The van der Waals surface area contributed by atoms with Gasteiger partial charge in [-0.2, -0.15) is 17.0 Å². The zero-order valence-corrected chi connectivity index (χ0v) is 14.5. The van der Waals surface area contributed by atoms with Gasteiger partial charge in [0.05, 0.1) is 17.2 Å². The van der Waals surface area contributed by atoms with Gasteiger partial charge in [-0.05, 0) is 39.3 Å². The molecule has 2 rings (SSSR count). The van der Waals surface area contributed by atoms with E-state index in [1.54, 1.807) is 22.7 Å². The fraction of sp³-hybridized carbons (Fsp3) is 0.769. The summed E-state index contributed by atoms with van der Waals surface area (Å²) in [6.07, 6.45) is 2.01. The van der Waals surface area contributed by atoms with Gasteiger partial charge in [-0.3, -0.25) is 0 Å². The molecule has 2 heterocycles. The Bertz CT molecular complexity index is 556. The maximum atomic E-state index is 12.7. The van der Waals surface area contributed by atoms with Crippen molar-refractivity contribution < 1.29 is 8.42 Å². The third-order valence-corrected chi connectivity index (χ3v) is 6.47. The molecule has 1 aliphatic rings. The maximum Gasteiger partial charge on any atom is 0.282 e. The van der Waals surface area contributed by atoms with Crippen molar-refractivity contribution in [3.63, 3.8) is 0 Å². The Balaban J connectivity index is 2.02. The number of hydrogen-bond donors (Lipinski definition) is 1. The van der Waals surface area contributed by atoms with Crippen molar-refractivity contribution in [2.24, 2.45) is 5.92 Å². The first kappa shape index (κ1) is 16.8. The number of aromatic nitrogens is 1. The molecule has 1 fully saturated rings. The standard InChI is InChI=1S/C13H24N4O2S2/c1-11-15-13(10-20-11)9-16(3)21(18,19)17-6-4-5-12(8-17)7-14-2/h10,12,14H,4-9H2,1-3H3. The number of nitrogens with zero attached hydrogens (tertiary/aromatic N) is 3. The van der Waals surface area contributed by atoms with E-state index < -0.39 is 10.2 Å². The highest BCUT2D eigenvalue weighted by Crippen LogP contribution is 2.21. The van der Waals surface area contributed by atoms with Gasteiger partial charge in [-0.15, -0.1) is 11.3 Å². The third kappa shape index (κ3) is 4.23. The molecule has 0 bridgehead atoms. The summed E-state index contributed by atoms with van der Waals surface area (Å²) in [4.78, 5) is 4.34. The Labute approximate surface area is 131 Å². The predicted molar refractivity (Wildman–Crippen MR) is 85.5 cm³/mol. The van der Waals surface area contributed by atoms with E-state index in [9.17, 15) is 8.42 Å². The smallest absolute Gasteiger partial charge is 0.282 e. The van der Waals surface area contributed by atoms with Crippen LogP contribution in [0, 0.1) is 12.8 Å². The Morgan fingerprint density at radius 2 is 2.33 bits per heavy atom. The molecule has 0 radical (unpaired) electrons. The van der Waals surface area contributed by atoms with Gasteiger partial charge < -0.3 is 5.32 Å². The second-order valence-electron chi connectivity index (χ2n) is 5.55. The lowest BCUT2D eigenvalue weighted by Crippen LogP contribution is -2.47. The van der Waals surface area contributed by atoms with Crippen molar-refractivity contribution in [2.75, 3.05) is 33.7 Å². The lowest BCUT2D eigenvalue weighted by molar-refractivity contribution is 0.248. The van der Waals surface area contributed by atoms with Gasteiger partial charge in [-0.1, -0.05) is 0 Å². The first-order chi connectivity index (χ1) is 9.93. The topological polar surface area (TPSA) is 65.5 Å². The SMILES string of the molecule is CNCC1CCCN(S(=O)(=O)N(C)Cc2csc(C)n2)C1. The summed E-state index contributed by atoms with van der Waals surface area (Å²) in [5.41, 5.74) is 0.812. The normalized spacial score (nSPS) is 21.0. The van der Waals surface area contributed by atoms with Crippen molar-refractivity contribution in [2.45, 2.75) is 26.3 Å². The number of aryl methyl sites for hydroxylation is 1. The molecule has 1 aromatic rings. The largest absolute Gasteiger partial charge is 0.319 e. The Hall–Kier alpha value is -0.540. The molecule has 0 spiro atoms. The zero-order valence-electron chi connectivity index (χ0n) is 12.9. The molecular formula is C13H24N4O2S2. The summed E-state index contributed by atoms with van der Waals surface area (Å²) in [5, 5.41) is 6.02. The molecule has 0 saturated carbocycles. The molecule has 0 aromatic carbocycles. The van der Waals surface area contributed by atoms with Crippen molar-refractivity contribution >= 4 is 21.5 Å². The molecule has 1 atom stereocenters. The van der Waals surface area contributed by atoms with Gasteiger partial charge in [-0.25, -0.2) is 4.98 Å². The zero-order chi connectivity index (χ0) is 15.5. The van der Waals surface area contributed by atoms with Crippen molar-refractivity contribution in [1.29, 1.82) is 0 Å². The van der Waals surface area contributed by atoms with Gasteiger partial charge in [0.2, 0.25) is 0 Å². The number of rotatable bonds is 6. The molecule has 1 unspecified atom stereocenters. The highest BCUT2D eigenvalue weighted by Gasteiger charge is 2.31. The molecule has 8 heteroatoms. The minimum Gasteiger partial charge on any atom is -0.319 e. The van der Waals surface area contributed by atoms with Gasteiger partial charge in [0.1, 0.15) is 0 Å². The monoisotopic (exact) mass is 332 g/mol. The second-order valence-corrected chi connectivity index (χ2v) is 8.64. The molecule has 0 amide bonds. The first-order valence-electron chi connectivity index (χ1n) is 7.20. The summed E-state index contributed by atoms with van der Waals surface area (Å²) in [6.45, 7) is 4.34. The molecule has 21 heavy (non-hydrogen) atoms. The maximum absolute atomic E-state index is 12.7. The highest BCUT2D eigenvalue weighted by molar-refractivity contribution is 7.86. The quantitative estimate of drug-likeness (QED) is 0.846. The molecule has 1 aliphatic heterocycles. The average molecular weight is 332 g/mol. The number of hydrogen-bond acceptors (Lipinski definition) is 5. The van der Waals surface area contributed by atoms with E-state index in [0.717, 1.165) is 30.1 Å². The molecule has 1 saturated heterocycles. The Morgan fingerprint density at radius 1 is 1.57 bits per heavy atom. The van der Waals surface area contributed by atoms with Crippen molar-refractivity contribution in [3.05, 3.63) is 16.1 Å². The average Bonchev–Trinajstić information content (AvgIpc) is 2.85.